The van der Waals surface area contributed by atoms with Crippen LogP contribution in [0.2, 0.25) is 0 Å². The summed E-state index contributed by atoms with van der Waals surface area (Å²) in [5.74, 6) is -2.74. The van der Waals surface area contributed by atoms with E-state index in [-0.39, 0.29) is 18.9 Å². The highest BCUT2D eigenvalue weighted by Crippen LogP contribution is 2.37. The molecule has 0 N–H and O–H groups in total. The molecule has 1 unspecified atom stereocenters. The second kappa shape index (κ2) is 6.99. The molecular formula is C14H24F2O4. The summed E-state index contributed by atoms with van der Waals surface area (Å²) >= 11 is 0. The van der Waals surface area contributed by atoms with Crippen LogP contribution >= 0.6 is 0 Å². The molecule has 1 atom stereocenters. The van der Waals surface area contributed by atoms with Crippen LogP contribution in [0.4, 0.5) is 8.78 Å². The molecule has 0 aliphatic carbocycles. The van der Waals surface area contributed by atoms with E-state index in [1.165, 1.54) is 6.92 Å². The van der Waals surface area contributed by atoms with Crippen molar-refractivity contribution >= 4 is 11.9 Å². The largest absolute Gasteiger partial charge is 0.465 e. The minimum Gasteiger partial charge on any atom is -0.465 e. The van der Waals surface area contributed by atoms with Crippen molar-refractivity contribution < 1.29 is 27.8 Å². The number of carbonyl (C=O) groups is 2. The molecule has 0 aromatic heterocycles. The standard InChI is InChI=1S/C14H24F2O4/c1-7-19-11(17)14(10(15)16,8-9(2)3)12(18)20-13(4,5)6/h9-10H,7-8H2,1-6H3. The first kappa shape index (κ1) is 18.8. The summed E-state index contributed by atoms with van der Waals surface area (Å²) in [4.78, 5) is 24.1. The number of hydrogen-bond acceptors (Lipinski definition) is 4. The Morgan fingerprint density at radius 3 is 1.90 bits per heavy atom. The van der Waals surface area contributed by atoms with Crippen LogP contribution in [0.1, 0.15) is 48.0 Å². The molecule has 6 heteroatoms. The van der Waals surface area contributed by atoms with Crippen molar-refractivity contribution in [3.05, 3.63) is 0 Å². The van der Waals surface area contributed by atoms with E-state index in [4.69, 9.17) is 4.74 Å². The number of alkyl halides is 2. The predicted octanol–water partition coefficient (Wildman–Crippen LogP) is 3.19. The molecule has 0 aliphatic rings. The van der Waals surface area contributed by atoms with Gasteiger partial charge in [0.2, 0.25) is 5.41 Å². The van der Waals surface area contributed by atoms with Crippen molar-refractivity contribution in [2.75, 3.05) is 6.61 Å². The van der Waals surface area contributed by atoms with E-state index >= 15 is 0 Å². The van der Waals surface area contributed by atoms with Crippen LogP contribution in [-0.4, -0.2) is 30.6 Å². The average molecular weight is 294 g/mol. The maximum absolute atomic E-state index is 13.5. The molecule has 0 radical (unpaired) electrons. The normalized spacial score (nSPS) is 15.1. The van der Waals surface area contributed by atoms with Crippen molar-refractivity contribution in [1.82, 2.24) is 0 Å². The van der Waals surface area contributed by atoms with E-state index in [1.807, 2.05) is 0 Å². The van der Waals surface area contributed by atoms with Gasteiger partial charge in [-0.15, -0.1) is 0 Å². The Morgan fingerprint density at radius 2 is 1.60 bits per heavy atom. The van der Waals surface area contributed by atoms with E-state index in [9.17, 15) is 18.4 Å². The van der Waals surface area contributed by atoms with Gasteiger partial charge in [0.25, 0.3) is 6.43 Å². The summed E-state index contributed by atoms with van der Waals surface area (Å²) in [7, 11) is 0. The van der Waals surface area contributed by atoms with Gasteiger partial charge in [0.05, 0.1) is 6.61 Å². The van der Waals surface area contributed by atoms with Crippen molar-refractivity contribution in [1.29, 1.82) is 0 Å². The van der Waals surface area contributed by atoms with Crippen molar-refractivity contribution in [2.45, 2.75) is 60.0 Å². The van der Waals surface area contributed by atoms with Crippen LogP contribution < -0.4 is 0 Å². The van der Waals surface area contributed by atoms with Crippen molar-refractivity contribution in [3.63, 3.8) is 0 Å². The summed E-state index contributed by atoms with van der Waals surface area (Å²) in [6, 6.07) is 0. The molecule has 0 aromatic carbocycles. The summed E-state index contributed by atoms with van der Waals surface area (Å²) in [5.41, 5.74) is -3.52. The molecular weight excluding hydrogens is 270 g/mol. The molecule has 20 heavy (non-hydrogen) atoms. The minimum atomic E-state index is -3.18. The minimum absolute atomic E-state index is 0.0752. The Morgan fingerprint density at radius 1 is 1.10 bits per heavy atom. The van der Waals surface area contributed by atoms with Gasteiger partial charge in [-0.05, 0) is 40.0 Å². The molecule has 0 bridgehead atoms. The lowest BCUT2D eigenvalue weighted by Crippen LogP contribution is -2.50. The highest BCUT2D eigenvalue weighted by Gasteiger charge is 2.57. The number of rotatable bonds is 6. The van der Waals surface area contributed by atoms with Gasteiger partial charge in [-0.2, -0.15) is 0 Å². The van der Waals surface area contributed by atoms with Crippen LogP contribution in [0.5, 0.6) is 0 Å². The topological polar surface area (TPSA) is 52.6 Å². The fourth-order valence-electron chi connectivity index (χ4n) is 1.79. The van der Waals surface area contributed by atoms with Crippen LogP contribution in [0, 0.1) is 11.3 Å². The fourth-order valence-corrected chi connectivity index (χ4v) is 1.79. The molecule has 4 nitrogen and oxygen atoms in total. The van der Waals surface area contributed by atoms with Crippen molar-refractivity contribution in [3.8, 4) is 0 Å². The molecule has 0 aliphatic heterocycles. The molecule has 0 aromatic rings. The Hall–Kier alpha value is -1.20. The summed E-state index contributed by atoms with van der Waals surface area (Å²) in [6.45, 7) is 9.40. The lowest BCUT2D eigenvalue weighted by atomic mass is 9.80. The van der Waals surface area contributed by atoms with Gasteiger partial charge in [-0.1, -0.05) is 13.8 Å². The lowest BCUT2D eigenvalue weighted by molar-refractivity contribution is -0.193. The van der Waals surface area contributed by atoms with Gasteiger partial charge in [-0.3, -0.25) is 9.59 Å². The lowest BCUT2D eigenvalue weighted by Gasteiger charge is -2.32. The first-order valence-electron chi connectivity index (χ1n) is 6.66. The van der Waals surface area contributed by atoms with Crippen LogP contribution in [0.15, 0.2) is 0 Å². The first-order valence-corrected chi connectivity index (χ1v) is 6.66. The second-order valence-corrected chi connectivity index (χ2v) is 6.09. The van der Waals surface area contributed by atoms with E-state index in [2.05, 4.69) is 4.74 Å². The van der Waals surface area contributed by atoms with Gasteiger partial charge < -0.3 is 9.47 Å². The van der Waals surface area contributed by atoms with Crippen LogP contribution in [0.25, 0.3) is 0 Å². The third kappa shape index (κ3) is 4.72. The highest BCUT2D eigenvalue weighted by atomic mass is 19.3. The molecule has 0 saturated heterocycles. The third-order valence-electron chi connectivity index (χ3n) is 2.51. The molecule has 0 spiro atoms. The van der Waals surface area contributed by atoms with Crippen LogP contribution in [0.3, 0.4) is 0 Å². The zero-order valence-corrected chi connectivity index (χ0v) is 13.0. The molecule has 0 fully saturated rings. The highest BCUT2D eigenvalue weighted by molar-refractivity contribution is 6.00. The van der Waals surface area contributed by atoms with Gasteiger partial charge in [0.15, 0.2) is 0 Å². The van der Waals surface area contributed by atoms with Crippen LogP contribution in [-0.2, 0) is 19.1 Å². The Balaban J connectivity index is 5.61. The molecule has 118 valence electrons. The zero-order valence-electron chi connectivity index (χ0n) is 13.0. The van der Waals surface area contributed by atoms with E-state index in [0.29, 0.717) is 0 Å². The van der Waals surface area contributed by atoms with E-state index in [0.717, 1.165) is 0 Å². The number of esters is 2. The average Bonchev–Trinajstić information content (AvgIpc) is 2.22. The van der Waals surface area contributed by atoms with Gasteiger partial charge in [-0.25, -0.2) is 8.78 Å². The van der Waals surface area contributed by atoms with E-state index in [1.54, 1.807) is 34.6 Å². The van der Waals surface area contributed by atoms with E-state index < -0.39 is 29.4 Å². The van der Waals surface area contributed by atoms with Crippen molar-refractivity contribution in [2.24, 2.45) is 11.3 Å². The number of carbonyl (C=O) groups excluding carboxylic acids is 2. The number of ether oxygens (including phenoxy) is 2. The molecule has 0 saturated carbocycles. The smallest absolute Gasteiger partial charge is 0.330 e. The Bertz CT molecular complexity index is 348. The van der Waals surface area contributed by atoms with Gasteiger partial charge in [0.1, 0.15) is 5.60 Å². The van der Waals surface area contributed by atoms with Gasteiger partial charge in [0, 0.05) is 0 Å². The third-order valence-corrected chi connectivity index (χ3v) is 2.51. The Kier molecular flexibility index (Phi) is 6.58. The fraction of sp³-hybridized carbons (Fsp3) is 0.857. The summed E-state index contributed by atoms with van der Waals surface area (Å²) in [6.07, 6.45) is -3.50. The molecule has 0 rings (SSSR count). The Labute approximate surface area is 118 Å². The SMILES string of the molecule is CCOC(=O)C(CC(C)C)(C(=O)OC(C)(C)C)C(F)F. The number of hydrogen-bond donors (Lipinski definition) is 0. The predicted molar refractivity (Wildman–Crippen MR) is 70.4 cm³/mol. The maximum Gasteiger partial charge on any atom is 0.330 e. The molecule has 0 heterocycles. The maximum atomic E-state index is 13.5. The van der Waals surface area contributed by atoms with Gasteiger partial charge >= 0.3 is 11.9 Å². The first-order chi connectivity index (χ1) is 8.97. The monoisotopic (exact) mass is 294 g/mol. The number of halogens is 2. The zero-order chi connectivity index (χ0) is 16.1. The second-order valence-electron chi connectivity index (χ2n) is 6.09. The summed E-state index contributed by atoms with van der Waals surface area (Å²) in [5, 5.41) is 0. The molecule has 0 amide bonds. The quantitative estimate of drug-likeness (QED) is 0.557. The summed E-state index contributed by atoms with van der Waals surface area (Å²) < 4.78 is 36.7.